The third kappa shape index (κ3) is 5.13. The van der Waals surface area contributed by atoms with Crippen molar-refractivity contribution >= 4 is 17.8 Å². The molecule has 2 aromatic rings. The molecule has 28 heavy (non-hydrogen) atoms. The zero-order valence-electron chi connectivity index (χ0n) is 16.2. The lowest BCUT2D eigenvalue weighted by Gasteiger charge is -2.15. The Hall–Kier alpha value is -3.28. The Balaban J connectivity index is 2.28. The number of carboxylic acid groups (broad SMARTS) is 1. The number of aromatic hydroxyl groups is 1. The van der Waals surface area contributed by atoms with Crippen LogP contribution >= 0.6 is 0 Å². The van der Waals surface area contributed by atoms with Crippen molar-refractivity contribution in [2.45, 2.75) is 33.3 Å². The van der Waals surface area contributed by atoms with Crippen LogP contribution in [-0.2, 0) is 17.8 Å². The number of hydrogen-bond donors (Lipinski definition) is 2. The fraction of sp³-hybridized carbons (Fsp3) is 0.273. The van der Waals surface area contributed by atoms with Gasteiger partial charge in [0.1, 0.15) is 23.9 Å². The van der Waals surface area contributed by atoms with E-state index in [1.165, 1.54) is 20.1 Å². The summed E-state index contributed by atoms with van der Waals surface area (Å²) < 4.78 is 11.1. The molecule has 0 amide bonds. The maximum atomic E-state index is 11.7. The van der Waals surface area contributed by atoms with Gasteiger partial charge in [-0.3, -0.25) is 4.79 Å². The van der Waals surface area contributed by atoms with Crippen LogP contribution in [0, 0.1) is 0 Å². The van der Waals surface area contributed by atoms with E-state index < -0.39 is 5.97 Å². The second kappa shape index (κ2) is 9.60. The molecule has 0 saturated carbocycles. The first kappa shape index (κ1) is 21.0. The Morgan fingerprint density at radius 1 is 1.14 bits per heavy atom. The Labute approximate surface area is 164 Å². The molecule has 0 aromatic heterocycles. The number of hydrogen-bond acceptors (Lipinski definition) is 5. The number of methoxy groups -OCH3 is 1. The summed E-state index contributed by atoms with van der Waals surface area (Å²) in [5.74, 6) is -0.216. The molecule has 148 valence electrons. The number of ether oxygens (including phenoxy) is 2. The molecule has 2 N–H and O–H groups in total. The van der Waals surface area contributed by atoms with Gasteiger partial charge in [0.2, 0.25) is 0 Å². The molecule has 0 atom stereocenters. The summed E-state index contributed by atoms with van der Waals surface area (Å²) in [5, 5.41) is 19.2. The molecule has 6 nitrogen and oxygen atoms in total. The molecular weight excluding hydrogens is 360 g/mol. The van der Waals surface area contributed by atoms with Gasteiger partial charge in [-0.15, -0.1) is 0 Å². The molecule has 0 aliphatic heterocycles. The smallest absolute Gasteiger partial charge is 0.328 e. The van der Waals surface area contributed by atoms with E-state index in [0.717, 1.165) is 18.1 Å². The average molecular weight is 384 g/mol. The van der Waals surface area contributed by atoms with E-state index in [4.69, 9.17) is 14.6 Å². The monoisotopic (exact) mass is 384 g/mol. The highest BCUT2D eigenvalue weighted by Crippen LogP contribution is 2.33. The van der Waals surface area contributed by atoms with Crippen molar-refractivity contribution in [3.63, 3.8) is 0 Å². The fourth-order valence-electron chi connectivity index (χ4n) is 2.85. The number of rotatable bonds is 9. The number of carbonyl (C=O) groups excluding carboxylic acids is 1. The van der Waals surface area contributed by atoms with Gasteiger partial charge in [-0.1, -0.05) is 19.4 Å². The molecule has 6 heteroatoms. The quantitative estimate of drug-likeness (QED) is 0.496. The lowest BCUT2D eigenvalue weighted by atomic mass is 10.0. The van der Waals surface area contributed by atoms with E-state index in [-0.39, 0.29) is 23.7 Å². The molecule has 0 radical (unpaired) electrons. The molecule has 0 aliphatic rings. The molecule has 0 bridgehead atoms. The van der Waals surface area contributed by atoms with Crippen molar-refractivity contribution < 1.29 is 29.3 Å². The van der Waals surface area contributed by atoms with Gasteiger partial charge in [-0.25, -0.2) is 4.79 Å². The van der Waals surface area contributed by atoms with Crippen LogP contribution in [0.3, 0.4) is 0 Å². The first-order valence-electron chi connectivity index (χ1n) is 8.93. The largest absolute Gasteiger partial charge is 0.507 e. The van der Waals surface area contributed by atoms with Crippen LogP contribution in [0.25, 0.3) is 6.08 Å². The number of carboxylic acids is 1. The van der Waals surface area contributed by atoms with Crippen LogP contribution in [0.4, 0.5) is 0 Å². The third-order valence-electron chi connectivity index (χ3n) is 4.21. The lowest BCUT2D eigenvalue weighted by Crippen LogP contribution is -2.03. The Morgan fingerprint density at radius 3 is 2.46 bits per heavy atom. The minimum absolute atomic E-state index is 0.0355. The average Bonchev–Trinajstić information content (AvgIpc) is 2.66. The maximum Gasteiger partial charge on any atom is 0.328 e. The number of phenols is 1. The van der Waals surface area contributed by atoms with Crippen molar-refractivity contribution in [1.29, 1.82) is 0 Å². The summed E-state index contributed by atoms with van der Waals surface area (Å²) in [6.45, 7) is 3.61. The molecule has 2 rings (SSSR count). The molecule has 0 spiro atoms. The minimum Gasteiger partial charge on any atom is -0.507 e. The highest BCUT2D eigenvalue weighted by atomic mass is 16.5. The third-order valence-corrected chi connectivity index (χ3v) is 4.21. The van der Waals surface area contributed by atoms with Crippen LogP contribution in [0.5, 0.6) is 17.2 Å². The van der Waals surface area contributed by atoms with Gasteiger partial charge in [0.15, 0.2) is 5.78 Å². The first-order chi connectivity index (χ1) is 13.4. The van der Waals surface area contributed by atoms with Crippen molar-refractivity contribution in [2.75, 3.05) is 7.11 Å². The fourth-order valence-corrected chi connectivity index (χ4v) is 2.85. The van der Waals surface area contributed by atoms with E-state index >= 15 is 0 Å². The number of phenolic OH excluding ortho intramolecular Hbond substituents is 1. The van der Waals surface area contributed by atoms with Crippen molar-refractivity contribution in [3.8, 4) is 17.2 Å². The van der Waals surface area contributed by atoms with E-state index in [9.17, 15) is 14.7 Å². The Kier molecular flexibility index (Phi) is 7.21. The summed E-state index contributed by atoms with van der Waals surface area (Å²) >= 11 is 0. The maximum absolute atomic E-state index is 11.7. The summed E-state index contributed by atoms with van der Waals surface area (Å²) in [5.41, 5.74) is 2.31. The van der Waals surface area contributed by atoms with E-state index in [2.05, 4.69) is 0 Å². The van der Waals surface area contributed by atoms with Gasteiger partial charge in [-0.05, 0) is 49.2 Å². The highest BCUT2D eigenvalue weighted by molar-refractivity contribution is 5.97. The number of benzene rings is 2. The van der Waals surface area contributed by atoms with Crippen LogP contribution in [-0.4, -0.2) is 29.1 Å². The number of Topliss-reactive ketones (excluding diaryl/α,β-unsaturated/α-hetero) is 1. The first-order valence-corrected chi connectivity index (χ1v) is 8.93. The summed E-state index contributed by atoms with van der Waals surface area (Å²) in [7, 11) is 1.51. The Morgan fingerprint density at radius 2 is 1.86 bits per heavy atom. The van der Waals surface area contributed by atoms with Crippen LogP contribution in [0.2, 0.25) is 0 Å². The van der Waals surface area contributed by atoms with Crippen LogP contribution < -0.4 is 9.47 Å². The van der Waals surface area contributed by atoms with Crippen molar-refractivity contribution in [3.05, 3.63) is 58.7 Å². The van der Waals surface area contributed by atoms with Gasteiger partial charge in [-0.2, -0.15) is 0 Å². The van der Waals surface area contributed by atoms with Crippen molar-refractivity contribution in [1.82, 2.24) is 0 Å². The summed E-state index contributed by atoms with van der Waals surface area (Å²) in [4.78, 5) is 22.4. The number of ketones is 1. The van der Waals surface area contributed by atoms with Crippen molar-refractivity contribution in [2.24, 2.45) is 0 Å². The van der Waals surface area contributed by atoms with Gasteiger partial charge in [0.25, 0.3) is 0 Å². The normalized spacial score (nSPS) is 10.8. The van der Waals surface area contributed by atoms with Gasteiger partial charge >= 0.3 is 5.97 Å². The molecule has 0 unspecified atom stereocenters. The van der Waals surface area contributed by atoms with E-state index in [1.54, 1.807) is 24.3 Å². The van der Waals surface area contributed by atoms with Gasteiger partial charge < -0.3 is 19.7 Å². The predicted molar refractivity (Wildman–Crippen MR) is 106 cm³/mol. The lowest BCUT2D eigenvalue weighted by molar-refractivity contribution is -0.131. The molecule has 0 fully saturated rings. The Bertz CT molecular complexity index is 898. The number of carbonyl (C=O) groups is 2. The molecule has 0 saturated heterocycles. The highest BCUT2D eigenvalue weighted by Gasteiger charge is 2.16. The zero-order chi connectivity index (χ0) is 20.7. The molecule has 0 aliphatic carbocycles. The molecule has 0 heterocycles. The second-order valence-electron chi connectivity index (χ2n) is 6.28. The van der Waals surface area contributed by atoms with Gasteiger partial charge in [0, 0.05) is 17.2 Å². The molecule has 2 aromatic carbocycles. The van der Waals surface area contributed by atoms with E-state index in [1.807, 2.05) is 13.0 Å². The topological polar surface area (TPSA) is 93.1 Å². The molecular formula is C22H24O6. The SMILES string of the molecule is CCCc1c(OCc2ccc(OC)c(C=CC(=O)O)c2)ccc(C(C)=O)c1O. The standard InChI is InChI=1S/C22H24O6/c1-4-5-18-20(10-8-17(14(2)23)22(18)26)28-13-15-6-9-19(27-3)16(12-15)7-11-21(24)25/h6-12,26H,4-5,13H2,1-3H3,(H,24,25). The van der Waals surface area contributed by atoms with E-state index in [0.29, 0.717) is 29.0 Å². The summed E-state index contributed by atoms with van der Waals surface area (Å²) in [6, 6.07) is 8.59. The zero-order valence-corrected chi connectivity index (χ0v) is 16.2. The number of aliphatic carboxylic acids is 1. The second-order valence-corrected chi connectivity index (χ2v) is 6.28. The summed E-state index contributed by atoms with van der Waals surface area (Å²) in [6.07, 6.45) is 3.87. The van der Waals surface area contributed by atoms with Crippen LogP contribution in [0.1, 0.15) is 47.3 Å². The van der Waals surface area contributed by atoms with Gasteiger partial charge in [0.05, 0.1) is 12.7 Å². The minimum atomic E-state index is -1.05. The van der Waals surface area contributed by atoms with Crippen LogP contribution in [0.15, 0.2) is 36.4 Å². The predicted octanol–water partition coefficient (Wildman–Crippen LogP) is 4.23.